The molecule has 0 atom stereocenters. The second kappa shape index (κ2) is 13.8. The van der Waals surface area contributed by atoms with E-state index in [9.17, 15) is 0 Å². The van der Waals surface area contributed by atoms with Gasteiger partial charge in [-0.1, -0.05) is 170 Å². The van der Waals surface area contributed by atoms with Crippen molar-refractivity contribution >= 4 is 49.5 Å². The molecule has 4 nitrogen and oxygen atoms in total. The highest BCUT2D eigenvalue weighted by molar-refractivity contribution is 6.24. The standard InChI is InChI=1S/C51H34N4/c1-5-19-36(20-6-1)45-34-46(53-51(52-45)37-21-7-2-8-22-37)41-28-15-16-29-42(41)49-44-33-32-35-18-13-14-27-40(35)48(44)43-30-17-31-47(50(43)54-49)55(38-23-9-3-10-24-38)39-25-11-4-12-26-39/h1-34H. The Balaban J connectivity index is 1.29. The highest BCUT2D eigenvalue weighted by atomic mass is 15.1. The summed E-state index contributed by atoms with van der Waals surface area (Å²) < 4.78 is 0. The fourth-order valence-corrected chi connectivity index (χ4v) is 7.72. The van der Waals surface area contributed by atoms with Gasteiger partial charge in [-0.05, 0) is 47.2 Å². The van der Waals surface area contributed by atoms with Gasteiger partial charge in [0.25, 0.3) is 0 Å². The Labute approximate surface area is 319 Å². The fraction of sp³-hybridized carbons (Fsp3) is 0. The van der Waals surface area contributed by atoms with Crippen molar-refractivity contribution in [2.75, 3.05) is 4.90 Å². The Hall–Kier alpha value is -7.43. The summed E-state index contributed by atoms with van der Waals surface area (Å²) in [5.74, 6) is 0.678. The molecule has 8 aromatic carbocycles. The number of benzene rings is 8. The van der Waals surface area contributed by atoms with Crippen LogP contribution in [0, 0.1) is 0 Å². The first kappa shape index (κ1) is 32.2. The van der Waals surface area contributed by atoms with Gasteiger partial charge in [0.2, 0.25) is 0 Å². The summed E-state index contributed by atoms with van der Waals surface area (Å²) in [5.41, 5.74) is 10.6. The molecule has 10 rings (SSSR count). The van der Waals surface area contributed by atoms with Crippen LogP contribution in [0.2, 0.25) is 0 Å². The van der Waals surface area contributed by atoms with E-state index in [0.29, 0.717) is 5.82 Å². The molecule has 0 saturated heterocycles. The molecule has 0 radical (unpaired) electrons. The molecule has 0 saturated carbocycles. The molecule has 4 heteroatoms. The van der Waals surface area contributed by atoms with Gasteiger partial charge in [-0.15, -0.1) is 0 Å². The molecule has 258 valence electrons. The van der Waals surface area contributed by atoms with Crippen LogP contribution >= 0.6 is 0 Å². The Kier molecular flexibility index (Phi) is 8.12. The molecule has 0 spiro atoms. The van der Waals surface area contributed by atoms with Crippen molar-refractivity contribution in [3.8, 4) is 45.2 Å². The van der Waals surface area contributed by atoms with E-state index in [2.05, 4.69) is 187 Å². The maximum absolute atomic E-state index is 5.71. The molecule has 0 bridgehead atoms. The first-order valence-electron chi connectivity index (χ1n) is 18.5. The minimum Gasteiger partial charge on any atom is -0.308 e. The van der Waals surface area contributed by atoms with Gasteiger partial charge in [-0.3, -0.25) is 0 Å². The zero-order valence-corrected chi connectivity index (χ0v) is 29.9. The van der Waals surface area contributed by atoms with Crippen molar-refractivity contribution in [3.05, 3.63) is 206 Å². The van der Waals surface area contributed by atoms with Gasteiger partial charge in [0.1, 0.15) is 0 Å². The number of hydrogen-bond acceptors (Lipinski definition) is 4. The average molecular weight is 703 g/mol. The van der Waals surface area contributed by atoms with Crippen LogP contribution in [0.25, 0.3) is 77.6 Å². The summed E-state index contributed by atoms with van der Waals surface area (Å²) >= 11 is 0. The molecular weight excluding hydrogens is 669 g/mol. The number of anilines is 3. The summed E-state index contributed by atoms with van der Waals surface area (Å²) in [6.45, 7) is 0. The minimum atomic E-state index is 0.678. The van der Waals surface area contributed by atoms with Crippen LogP contribution in [-0.4, -0.2) is 15.0 Å². The first-order chi connectivity index (χ1) is 27.3. The summed E-state index contributed by atoms with van der Waals surface area (Å²) in [4.78, 5) is 18.4. The SMILES string of the molecule is c1ccc(-c2cc(-c3ccccc3-c3nc4c(N(c5ccccc5)c5ccccc5)cccc4c4c3ccc3ccccc34)nc(-c3ccccc3)n2)cc1. The van der Waals surface area contributed by atoms with Crippen LogP contribution in [-0.2, 0) is 0 Å². The lowest BCUT2D eigenvalue weighted by molar-refractivity contribution is 1.18. The monoisotopic (exact) mass is 702 g/mol. The maximum atomic E-state index is 5.71. The van der Waals surface area contributed by atoms with E-state index in [-0.39, 0.29) is 0 Å². The summed E-state index contributed by atoms with van der Waals surface area (Å²) in [5, 5.41) is 5.73. The molecular formula is C51H34N4. The second-order valence-corrected chi connectivity index (χ2v) is 13.6. The van der Waals surface area contributed by atoms with E-state index in [0.717, 1.165) is 72.7 Å². The minimum absolute atomic E-state index is 0.678. The Bertz CT molecular complexity index is 2870. The van der Waals surface area contributed by atoms with E-state index in [4.69, 9.17) is 15.0 Å². The van der Waals surface area contributed by atoms with E-state index in [1.165, 1.54) is 16.2 Å². The van der Waals surface area contributed by atoms with Crippen LogP contribution in [0.5, 0.6) is 0 Å². The van der Waals surface area contributed by atoms with E-state index in [1.807, 2.05) is 24.3 Å². The maximum Gasteiger partial charge on any atom is 0.160 e. The lowest BCUT2D eigenvalue weighted by Crippen LogP contribution is -2.11. The molecule has 55 heavy (non-hydrogen) atoms. The molecule has 0 fully saturated rings. The third-order valence-electron chi connectivity index (χ3n) is 10.2. The zero-order chi connectivity index (χ0) is 36.6. The lowest BCUT2D eigenvalue weighted by Gasteiger charge is -2.27. The predicted molar refractivity (Wildman–Crippen MR) is 229 cm³/mol. The van der Waals surface area contributed by atoms with Crippen LogP contribution < -0.4 is 4.90 Å². The molecule has 2 heterocycles. The molecule has 0 aliphatic carbocycles. The van der Waals surface area contributed by atoms with Crippen molar-refractivity contribution in [2.24, 2.45) is 0 Å². The van der Waals surface area contributed by atoms with Crippen LogP contribution in [0.3, 0.4) is 0 Å². The van der Waals surface area contributed by atoms with Crippen LogP contribution in [0.1, 0.15) is 0 Å². The normalized spacial score (nSPS) is 11.3. The van der Waals surface area contributed by atoms with Gasteiger partial charge in [0, 0.05) is 49.8 Å². The van der Waals surface area contributed by atoms with Crippen molar-refractivity contribution in [2.45, 2.75) is 0 Å². The summed E-state index contributed by atoms with van der Waals surface area (Å²) in [6.07, 6.45) is 0. The van der Waals surface area contributed by atoms with Crippen LogP contribution in [0.15, 0.2) is 206 Å². The third kappa shape index (κ3) is 5.87. The van der Waals surface area contributed by atoms with Gasteiger partial charge in [-0.25, -0.2) is 15.0 Å². The quantitative estimate of drug-likeness (QED) is 0.155. The number of hydrogen-bond donors (Lipinski definition) is 0. The predicted octanol–water partition coefficient (Wildman–Crippen LogP) is 13.5. The highest BCUT2D eigenvalue weighted by Crippen LogP contribution is 2.45. The zero-order valence-electron chi connectivity index (χ0n) is 29.9. The molecule has 10 aromatic rings. The van der Waals surface area contributed by atoms with Crippen LogP contribution in [0.4, 0.5) is 17.1 Å². The van der Waals surface area contributed by atoms with Crippen molar-refractivity contribution < 1.29 is 0 Å². The smallest absolute Gasteiger partial charge is 0.160 e. The molecule has 0 aliphatic rings. The van der Waals surface area contributed by atoms with Gasteiger partial charge < -0.3 is 4.90 Å². The summed E-state index contributed by atoms with van der Waals surface area (Å²) in [6, 6.07) is 71.9. The number of aromatic nitrogens is 3. The molecule has 0 unspecified atom stereocenters. The van der Waals surface area contributed by atoms with E-state index >= 15 is 0 Å². The number of rotatable bonds is 7. The van der Waals surface area contributed by atoms with Gasteiger partial charge in [-0.2, -0.15) is 0 Å². The van der Waals surface area contributed by atoms with Crippen molar-refractivity contribution in [1.82, 2.24) is 15.0 Å². The molecule has 0 aliphatic heterocycles. The van der Waals surface area contributed by atoms with Gasteiger partial charge >= 0.3 is 0 Å². The Morgan fingerprint density at radius 3 is 1.64 bits per heavy atom. The van der Waals surface area contributed by atoms with Crippen molar-refractivity contribution in [1.29, 1.82) is 0 Å². The van der Waals surface area contributed by atoms with E-state index in [1.54, 1.807) is 0 Å². The van der Waals surface area contributed by atoms with E-state index < -0.39 is 0 Å². The first-order valence-corrected chi connectivity index (χ1v) is 18.5. The molecule has 2 aromatic heterocycles. The third-order valence-corrected chi connectivity index (χ3v) is 10.2. The fourth-order valence-electron chi connectivity index (χ4n) is 7.72. The largest absolute Gasteiger partial charge is 0.308 e. The number of para-hydroxylation sites is 3. The number of fused-ring (bicyclic) bond motifs is 5. The number of nitrogens with zero attached hydrogens (tertiary/aromatic N) is 4. The topological polar surface area (TPSA) is 41.9 Å². The lowest BCUT2D eigenvalue weighted by atomic mass is 9.92. The van der Waals surface area contributed by atoms with Gasteiger partial charge in [0.15, 0.2) is 5.82 Å². The van der Waals surface area contributed by atoms with Crippen molar-refractivity contribution in [3.63, 3.8) is 0 Å². The molecule has 0 N–H and O–H groups in total. The Morgan fingerprint density at radius 2 is 0.927 bits per heavy atom. The molecule has 0 amide bonds. The second-order valence-electron chi connectivity index (χ2n) is 13.6. The average Bonchev–Trinajstić information content (AvgIpc) is 3.27. The van der Waals surface area contributed by atoms with Gasteiger partial charge in [0.05, 0.1) is 28.3 Å². The Morgan fingerprint density at radius 1 is 0.364 bits per heavy atom. The highest BCUT2D eigenvalue weighted by Gasteiger charge is 2.22. The summed E-state index contributed by atoms with van der Waals surface area (Å²) in [7, 11) is 0. The number of pyridine rings is 1.